The second-order valence-corrected chi connectivity index (χ2v) is 7.43. The van der Waals surface area contributed by atoms with E-state index in [1.165, 1.54) is 36.3 Å². The SMILES string of the molecule is COC(=O)CSC(CCSc1ccccc1)=[N+]1CCCCC1. The van der Waals surface area contributed by atoms with Crippen LogP contribution in [0.25, 0.3) is 0 Å². The Kier molecular flexibility index (Phi) is 7.88. The molecule has 1 heterocycles. The average Bonchev–Trinajstić information content (AvgIpc) is 2.59. The van der Waals surface area contributed by atoms with Crippen molar-refractivity contribution >= 4 is 34.5 Å². The first kappa shape index (κ1) is 17.4. The Hall–Kier alpha value is -0.940. The first-order valence-corrected chi connectivity index (χ1v) is 9.75. The van der Waals surface area contributed by atoms with Crippen LogP contribution < -0.4 is 0 Å². The van der Waals surface area contributed by atoms with Crippen molar-refractivity contribution in [3.05, 3.63) is 30.3 Å². The molecule has 0 atom stereocenters. The zero-order chi connectivity index (χ0) is 15.6. The standard InChI is InChI=1S/C17H24NO2S2/c1-20-17(19)14-22-16(18-11-6-3-7-12-18)10-13-21-15-8-4-2-5-9-15/h2,4-5,8-9H,3,6-7,10-14H2,1H3/q+1. The number of piperidine rings is 1. The van der Waals surface area contributed by atoms with Gasteiger partial charge in [-0.15, -0.1) is 11.8 Å². The minimum Gasteiger partial charge on any atom is -0.468 e. The van der Waals surface area contributed by atoms with Crippen molar-refractivity contribution in [2.24, 2.45) is 0 Å². The van der Waals surface area contributed by atoms with Gasteiger partial charge in [-0.1, -0.05) is 30.0 Å². The molecule has 1 aliphatic heterocycles. The smallest absolute Gasteiger partial charge is 0.316 e. The van der Waals surface area contributed by atoms with E-state index in [4.69, 9.17) is 4.74 Å². The molecule has 0 bridgehead atoms. The van der Waals surface area contributed by atoms with Crippen molar-refractivity contribution in [2.75, 3.05) is 31.7 Å². The minimum atomic E-state index is -0.143. The summed E-state index contributed by atoms with van der Waals surface area (Å²) < 4.78 is 7.23. The summed E-state index contributed by atoms with van der Waals surface area (Å²) in [7, 11) is 1.45. The van der Waals surface area contributed by atoms with Crippen LogP contribution >= 0.6 is 23.5 Å². The number of benzene rings is 1. The summed E-state index contributed by atoms with van der Waals surface area (Å²) in [6.45, 7) is 2.25. The number of methoxy groups -OCH3 is 1. The zero-order valence-corrected chi connectivity index (χ0v) is 14.8. The highest BCUT2D eigenvalue weighted by Gasteiger charge is 2.20. The number of thioether (sulfide) groups is 2. The molecule has 0 N–H and O–H groups in total. The maximum Gasteiger partial charge on any atom is 0.316 e. The van der Waals surface area contributed by atoms with Crippen LogP contribution in [0.3, 0.4) is 0 Å². The Labute approximate surface area is 141 Å². The fourth-order valence-corrected chi connectivity index (χ4v) is 4.46. The summed E-state index contributed by atoms with van der Waals surface area (Å²) in [4.78, 5) is 12.7. The fraction of sp³-hybridized carbons (Fsp3) is 0.529. The summed E-state index contributed by atoms with van der Waals surface area (Å²) in [5, 5.41) is 1.34. The molecule has 0 radical (unpaired) electrons. The molecule has 0 spiro atoms. The molecular formula is C17H24NO2S2+. The van der Waals surface area contributed by atoms with E-state index < -0.39 is 0 Å². The number of carbonyl (C=O) groups is 1. The molecule has 120 valence electrons. The quantitative estimate of drug-likeness (QED) is 0.342. The van der Waals surface area contributed by atoms with Crippen molar-refractivity contribution < 1.29 is 14.1 Å². The van der Waals surface area contributed by atoms with Gasteiger partial charge in [0.2, 0.25) is 5.04 Å². The van der Waals surface area contributed by atoms with E-state index in [0.717, 1.165) is 25.3 Å². The number of hydrogen-bond acceptors (Lipinski definition) is 4. The maximum absolute atomic E-state index is 11.4. The first-order valence-electron chi connectivity index (χ1n) is 7.78. The van der Waals surface area contributed by atoms with Crippen LogP contribution in [-0.2, 0) is 9.53 Å². The largest absolute Gasteiger partial charge is 0.468 e. The Balaban J connectivity index is 1.90. The lowest BCUT2D eigenvalue weighted by Crippen LogP contribution is -2.26. The van der Waals surface area contributed by atoms with Gasteiger partial charge in [0.15, 0.2) is 0 Å². The van der Waals surface area contributed by atoms with E-state index in [1.54, 1.807) is 11.8 Å². The summed E-state index contributed by atoms with van der Waals surface area (Å²) in [6.07, 6.45) is 4.85. The van der Waals surface area contributed by atoms with E-state index in [1.807, 2.05) is 17.8 Å². The molecule has 3 nitrogen and oxygen atoms in total. The van der Waals surface area contributed by atoms with Crippen molar-refractivity contribution in [2.45, 2.75) is 30.6 Å². The number of nitrogens with zero attached hydrogens (tertiary/aromatic N) is 1. The van der Waals surface area contributed by atoms with Crippen LogP contribution in [0.1, 0.15) is 25.7 Å². The second-order valence-electron chi connectivity index (χ2n) is 5.22. The molecule has 1 saturated heterocycles. The molecule has 1 aromatic carbocycles. The van der Waals surface area contributed by atoms with Crippen LogP contribution in [0.15, 0.2) is 35.2 Å². The molecule has 1 aromatic rings. The summed E-state index contributed by atoms with van der Waals surface area (Å²) >= 11 is 3.53. The van der Waals surface area contributed by atoms with Crippen molar-refractivity contribution in [1.82, 2.24) is 0 Å². The lowest BCUT2D eigenvalue weighted by molar-refractivity contribution is -0.535. The van der Waals surface area contributed by atoms with Gasteiger partial charge in [-0.05, 0) is 18.6 Å². The van der Waals surface area contributed by atoms with E-state index in [0.29, 0.717) is 5.75 Å². The maximum atomic E-state index is 11.4. The third-order valence-corrected chi connectivity index (χ3v) is 5.81. The lowest BCUT2D eigenvalue weighted by Gasteiger charge is -2.14. The van der Waals surface area contributed by atoms with Crippen LogP contribution in [0.2, 0.25) is 0 Å². The molecule has 1 fully saturated rings. The van der Waals surface area contributed by atoms with Crippen molar-refractivity contribution in [1.29, 1.82) is 0 Å². The molecule has 0 aromatic heterocycles. The van der Waals surface area contributed by atoms with Gasteiger partial charge in [-0.3, -0.25) is 4.79 Å². The summed E-state index contributed by atoms with van der Waals surface area (Å²) in [5.41, 5.74) is 0. The number of ether oxygens (including phenoxy) is 1. The Morgan fingerprint density at radius 1 is 1.18 bits per heavy atom. The highest BCUT2D eigenvalue weighted by atomic mass is 32.2. The van der Waals surface area contributed by atoms with E-state index in [2.05, 4.69) is 28.8 Å². The van der Waals surface area contributed by atoms with Gasteiger partial charge in [0, 0.05) is 29.9 Å². The van der Waals surface area contributed by atoms with E-state index >= 15 is 0 Å². The normalized spacial score (nSPS) is 14.7. The molecule has 0 amide bonds. The number of rotatable bonds is 6. The Morgan fingerprint density at radius 2 is 1.91 bits per heavy atom. The van der Waals surface area contributed by atoms with Gasteiger partial charge < -0.3 is 4.74 Å². The zero-order valence-electron chi connectivity index (χ0n) is 13.1. The van der Waals surface area contributed by atoms with Crippen LogP contribution in [0.4, 0.5) is 0 Å². The van der Waals surface area contributed by atoms with E-state index in [9.17, 15) is 4.79 Å². The Bertz CT molecular complexity index is 495. The van der Waals surface area contributed by atoms with Crippen LogP contribution in [0.5, 0.6) is 0 Å². The Morgan fingerprint density at radius 3 is 2.59 bits per heavy atom. The highest BCUT2D eigenvalue weighted by molar-refractivity contribution is 8.14. The van der Waals surface area contributed by atoms with Gasteiger partial charge in [-0.25, -0.2) is 4.58 Å². The lowest BCUT2D eigenvalue weighted by atomic mass is 10.2. The van der Waals surface area contributed by atoms with Gasteiger partial charge in [0.25, 0.3) is 0 Å². The number of hydrogen-bond donors (Lipinski definition) is 0. The third-order valence-electron chi connectivity index (χ3n) is 3.62. The highest BCUT2D eigenvalue weighted by Crippen LogP contribution is 2.21. The van der Waals surface area contributed by atoms with Crippen molar-refractivity contribution in [3.8, 4) is 0 Å². The molecule has 5 heteroatoms. The van der Waals surface area contributed by atoms with Crippen LogP contribution in [0, 0.1) is 0 Å². The second kappa shape index (κ2) is 9.95. The van der Waals surface area contributed by atoms with Crippen molar-refractivity contribution in [3.63, 3.8) is 0 Å². The summed E-state index contributed by atoms with van der Waals surface area (Å²) in [6, 6.07) is 10.5. The third kappa shape index (κ3) is 6.05. The predicted octanol–water partition coefficient (Wildman–Crippen LogP) is 3.67. The number of esters is 1. The number of carbonyl (C=O) groups excluding carboxylic acids is 1. The minimum absolute atomic E-state index is 0.143. The van der Waals surface area contributed by atoms with Gasteiger partial charge in [0.1, 0.15) is 18.8 Å². The topological polar surface area (TPSA) is 29.3 Å². The molecule has 2 rings (SSSR count). The predicted molar refractivity (Wildman–Crippen MR) is 95.1 cm³/mol. The van der Waals surface area contributed by atoms with Gasteiger partial charge in [0.05, 0.1) is 7.11 Å². The molecule has 0 saturated carbocycles. The fourth-order valence-electron chi connectivity index (χ4n) is 2.44. The van der Waals surface area contributed by atoms with E-state index in [-0.39, 0.29) is 5.97 Å². The first-order chi connectivity index (χ1) is 10.8. The van der Waals surface area contributed by atoms with Crippen LogP contribution in [-0.4, -0.2) is 47.3 Å². The van der Waals surface area contributed by atoms with Gasteiger partial charge >= 0.3 is 5.97 Å². The molecular weight excluding hydrogens is 314 g/mol. The molecule has 22 heavy (non-hydrogen) atoms. The molecule has 0 unspecified atom stereocenters. The van der Waals surface area contributed by atoms with Gasteiger partial charge in [-0.2, -0.15) is 0 Å². The monoisotopic (exact) mass is 338 g/mol. The summed E-state index contributed by atoms with van der Waals surface area (Å²) in [5.74, 6) is 1.32. The molecule has 0 aliphatic carbocycles. The average molecular weight is 339 g/mol. The molecule has 1 aliphatic rings.